The van der Waals surface area contributed by atoms with Crippen molar-refractivity contribution in [2.45, 2.75) is 47.1 Å². The van der Waals surface area contributed by atoms with Gasteiger partial charge >= 0.3 is 0 Å². The van der Waals surface area contributed by atoms with E-state index in [9.17, 15) is 5.11 Å². The van der Waals surface area contributed by atoms with Crippen LogP contribution in [0.25, 0.3) is 0 Å². The molecule has 0 spiro atoms. The molecule has 3 heteroatoms. The van der Waals surface area contributed by atoms with E-state index in [-0.39, 0.29) is 0 Å². The molecule has 14 heavy (non-hydrogen) atoms. The lowest BCUT2D eigenvalue weighted by Gasteiger charge is -2.23. The molecule has 0 amide bonds. The summed E-state index contributed by atoms with van der Waals surface area (Å²) in [7, 11) is 0. The van der Waals surface area contributed by atoms with E-state index in [0.717, 1.165) is 5.57 Å². The van der Waals surface area contributed by atoms with Crippen molar-refractivity contribution in [1.29, 1.82) is 0 Å². The average Bonchev–Trinajstić information content (AvgIpc) is 2.03. The van der Waals surface area contributed by atoms with Gasteiger partial charge < -0.3 is 5.11 Å². The zero-order chi connectivity index (χ0) is 11.8. The predicted molar refractivity (Wildman–Crippen MR) is 63.3 cm³/mol. The minimum absolute atomic E-state index is 0.460. The molecule has 0 bridgehead atoms. The van der Waals surface area contributed by atoms with Crippen LogP contribution in [-0.4, -0.2) is 29.0 Å². The Morgan fingerprint density at radius 1 is 1.43 bits per heavy atom. The molecule has 0 unspecified atom stereocenters. The first kappa shape index (κ1) is 15.6. The lowest BCUT2D eigenvalue weighted by Crippen LogP contribution is -2.32. The van der Waals surface area contributed by atoms with Gasteiger partial charge in [-0.2, -0.15) is 5.10 Å². The Hall–Kier alpha value is -0.830. The van der Waals surface area contributed by atoms with Crippen LogP contribution in [-0.2, 0) is 0 Å². The summed E-state index contributed by atoms with van der Waals surface area (Å²) in [5, 5.41) is 14.9. The lowest BCUT2D eigenvalue weighted by molar-refractivity contribution is 0.0515. The van der Waals surface area contributed by atoms with Crippen LogP contribution >= 0.6 is 0 Å². The van der Waals surface area contributed by atoms with Gasteiger partial charge in [0.15, 0.2) is 0 Å². The van der Waals surface area contributed by atoms with E-state index < -0.39 is 5.60 Å². The summed E-state index contributed by atoms with van der Waals surface area (Å²) in [6, 6.07) is 0. The van der Waals surface area contributed by atoms with Crippen LogP contribution < -0.4 is 0 Å². The molecule has 0 saturated carbocycles. The van der Waals surface area contributed by atoms with E-state index in [1.807, 2.05) is 33.9 Å². The maximum Gasteiger partial charge on any atom is 0.0786 e. The molecule has 0 radical (unpaired) electrons. The molecule has 0 aliphatic rings. The fraction of sp³-hybridized carbons (Fsp3) is 0.727. The highest BCUT2D eigenvalue weighted by Crippen LogP contribution is 2.06. The molecule has 0 saturated heterocycles. The molecule has 0 fully saturated rings. The normalized spacial score (nSPS) is 9.64. The van der Waals surface area contributed by atoms with Crippen molar-refractivity contribution in [1.82, 2.24) is 5.01 Å². The molecule has 0 atom stereocenters. The summed E-state index contributed by atoms with van der Waals surface area (Å²) in [5.41, 5.74) is 0.388. The Bertz CT molecular complexity index is 176. The minimum atomic E-state index is -0.743. The standard InChI is InChI=1S/C9H18N2O.C2H6/c1-8(2)6-11(10-5)7-9(3,4)12;1-2/h6,12H,5,7H2,1-4H3;1-2H3. The number of hydrogen-bond donors (Lipinski definition) is 1. The smallest absolute Gasteiger partial charge is 0.0786 e. The largest absolute Gasteiger partial charge is 0.389 e. The summed E-state index contributed by atoms with van der Waals surface area (Å²) in [5.74, 6) is 0. The van der Waals surface area contributed by atoms with Crippen LogP contribution in [0.5, 0.6) is 0 Å². The van der Waals surface area contributed by atoms with E-state index in [4.69, 9.17) is 0 Å². The van der Waals surface area contributed by atoms with Crippen molar-refractivity contribution in [3.8, 4) is 0 Å². The quantitative estimate of drug-likeness (QED) is 0.559. The SMILES string of the molecule is C=NN(C=C(C)C)CC(C)(C)O.CC. The highest BCUT2D eigenvalue weighted by atomic mass is 16.3. The second-order valence-electron chi connectivity index (χ2n) is 3.76. The van der Waals surface area contributed by atoms with E-state index in [1.165, 1.54) is 0 Å². The van der Waals surface area contributed by atoms with Crippen molar-refractivity contribution in [2.75, 3.05) is 6.54 Å². The number of rotatable bonds is 4. The van der Waals surface area contributed by atoms with Crippen LogP contribution in [0.4, 0.5) is 0 Å². The van der Waals surface area contributed by atoms with Gasteiger partial charge in [-0.3, -0.25) is 5.01 Å². The van der Waals surface area contributed by atoms with E-state index >= 15 is 0 Å². The Balaban J connectivity index is 0. The third kappa shape index (κ3) is 11.2. The van der Waals surface area contributed by atoms with Gasteiger partial charge in [-0.25, -0.2) is 0 Å². The summed E-state index contributed by atoms with van der Waals surface area (Å²) >= 11 is 0. The maximum atomic E-state index is 9.47. The number of hydrogen-bond acceptors (Lipinski definition) is 3. The highest BCUT2D eigenvalue weighted by molar-refractivity contribution is 5.23. The van der Waals surface area contributed by atoms with E-state index in [1.54, 1.807) is 18.9 Å². The summed E-state index contributed by atoms with van der Waals surface area (Å²) in [6.45, 7) is 15.3. The monoisotopic (exact) mass is 200 g/mol. The minimum Gasteiger partial charge on any atom is -0.389 e. The Morgan fingerprint density at radius 2 is 1.86 bits per heavy atom. The third-order valence-electron chi connectivity index (χ3n) is 1.14. The summed E-state index contributed by atoms with van der Waals surface area (Å²) < 4.78 is 0. The zero-order valence-electron chi connectivity index (χ0n) is 10.3. The molecular weight excluding hydrogens is 176 g/mol. The number of aliphatic hydroxyl groups is 1. The zero-order valence-corrected chi connectivity index (χ0v) is 10.3. The third-order valence-corrected chi connectivity index (χ3v) is 1.14. The van der Waals surface area contributed by atoms with Gasteiger partial charge in [0, 0.05) is 12.9 Å². The van der Waals surface area contributed by atoms with Gasteiger partial charge in [0.2, 0.25) is 0 Å². The van der Waals surface area contributed by atoms with Crippen LogP contribution in [0.3, 0.4) is 0 Å². The molecule has 0 aromatic carbocycles. The fourth-order valence-corrected chi connectivity index (χ4v) is 0.831. The average molecular weight is 200 g/mol. The maximum absolute atomic E-state index is 9.47. The van der Waals surface area contributed by atoms with Crippen molar-refractivity contribution in [3.05, 3.63) is 11.8 Å². The van der Waals surface area contributed by atoms with Crippen LogP contribution in [0.2, 0.25) is 0 Å². The Kier molecular flexibility index (Phi) is 8.44. The van der Waals surface area contributed by atoms with E-state index in [2.05, 4.69) is 11.8 Å². The van der Waals surface area contributed by atoms with Gasteiger partial charge in [0.25, 0.3) is 0 Å². The van der Waals surface area contributed by atoms with Crippen molar-refractivity contribution in [2.24, 2.45) is 5.10 Å². The molecule has 3 nitrogen and oxygen atoms in total. The first-order chi connectivity index (χ1) is 6.35. The first-order valence-corrected chi connectivity index (χ1v) is 4.96. The van der Waals surface area contributed by atoms with Crippen LogP contribution in [0.1, 0.15) is 41.5 Å². The molecule has 0 aliphatic carbocycles. The lowest BCUT2D eigenvalue weighted by atomic mass is 10.1. The van der Waals surface area contributed by atoms with Gasteiger partial charge in [-0.05, 0) is 27.7 Å². The van der Waals surface area contributed by atoms with E-state index in [0.29, 0.717) is 6.54 Å². The second-order valence-corrected chi connectivity index (χ2v) is 3.76. The van der Waals surface area contributed by atoms with Gasteiger partial charge in [-0.15, -0.1) is 0 Å². The highest BCUT2D eigenvalue weighted by Gasteiger charge is 2.15. The molecule has 84 valence electrons. The molecular formula is C11H24N2O. The van der Waals surface area contributed by atoms with Gasteiger partial charge in [0.1, 0.15) is 0 Å². The first-order valence-electron chi connectivity index (χ1n) is 4.96. The second kappa shape index (κ2) is 7.56. The molecule has 1 N–H and O–H groups in total. The summed E-state index contributed by atoms with van der Waals surface area (Å²) in [4.78, 5) is 0. The summed E-state index contributed by atoms with van der Waals surface area (Å²) in [6.07, 6.45) is 1.85. The topological polar surface area (TPSA) is 35.8 Å². The molecule has 0 rings (SSSR count). The van der Waals surface area contributed by atoms with Crippen LogP contribution in [0, 0.1) is 0 Å². The van der Waals surface area contributed by atoms with Crippen molar-refractivity contribution >= 4 is 6.72 Å². The Morgan fingerprint density at radius 3 is 2.07 bits per heavy atom. The van der Waals surface area contributed by atoms with Crippen molar-refractivity contribution < 1.29 is 5.11 Å². The van der Waals surface area contributed by atoms with Crippen LogP contribution in [0.15, 0.2) is 16.9 Å². The number of hydrazone groups is 1. The molecule has 0 aromatic rings. The van der Waals surface area contributed by atoms with Gasteiger partial charge in [0.05, 0.1) is 12.1 Å². The number of allylic oxidation sites excluding steroid dienone is 1. The molecule has 0 aliphatic heterocycles. The Labute approximate surface area is 88.1 Å². The van der Waals surface area contributed by atoms with Gasteiger partial charge in [-0.1, -0.05) is 19.4 Å². The van der Waals surface area contributed by atoms with Crippen molar-refractivity contribution in [3.63, 3.8) is 0 Å². The number of nitrogens with zero attached hydrogens (tertiary/aromatic N) is 2. The molecule has 0 heterocycles. The molecule has 0 aromatic heterocycles. The fourth-order valence-electron chi connectivity index (χ4n) is 0.831. The predicted octanol–water partition coefficient (Wildman–Crippen LogP) is 2.62.